The van der Waals surface area contributed by atoms with E-state index < -0.39 is 0 Å². The van der Waals surface area contributed by atoms with Gasteiger partial charge in [0.15, 0.2) is 0 Å². The second kappa shape index (κ2) is 2.96. The second-order valence-corrected chi connectivity index (χ2v) is 5.02. The van der Waals surface area contributed by atoms with Gasteiger partial charge in [-0.15, -0.1) is 0 Å². The van der Waals surface area contributed by atoms with Crippen LogP contribution in [0.1, 0.15) is 39.5 Å². The average Bonchev–Trinajstić information content (AvgIpc) is 2.56. The molecule has 0 aromatic heterocycles. The molecule has 0 amide bonds. The Kier molecular flexibility index (Phi) is 2.11. The number of carbonyl (C=O) groups is 1. The third-order valence-corrected chi connectivity index (χ3v) is 4.07. The molecule has 2 rings (SSSR count). The van der Waals surface area contributed by atoms with E-state index in [9.17, 15) is 4.79 Å². The number of carbonyl (C=O) groups excluding carboxylic acids is 1. The Morgan fingerprint density at radius 1 is 1.57 bits per heavy atom. The van der Waals surface area contributed by atoms with Crippen molar-refractivity contribution >= 4 is 5.97 Å². The number of ether oxygens (including phenoxy) is 1. The molecule has 0 radical (unpaired) electrons. The molecule has 80 valence electrons. The molecule has 0 aliphatic heterocycles. The fraction of sp³-hybridized carbons (Fsp3) is 0.909. The van der Waals surface area contributed by atoms with Crippen LogP contribution < -0.4 is 5.73 Å². The molecule has 2 N–H and O–H groups in total. The summed E-state index contributed by atoms with van der Waals surface area (Å²) >= 11 is 0. The Hall–Kier alpha value is -0.570. The van der Waals surface area contributed by atoms with Crippen molar-refractivity contribution in [3.8, 4) is 0 Å². The first-order valence-corrected chi connectivity index (χ1v) is 5.48. The molecule has 2 saturated carbocycles. The van der Waals surface area contributed by atoms with Crippen LogP contribution in [0.25, 0.3) is 0 Å². The molecule has 3 atom stereocenters. The molecule has 3 heteroatoms. The van der Waals surface area contributed by atoms with Crippen molar-refractivity contribution in [3.63, 3.8) is 0 Å². The lowest BCUT2D eigenvalue weighted by atomic mass is 9.75. The van der Waals surface area contributed by atoms with E-state index in [1.807, 2.05) is 6.92 Å². The maximum Gasteiger partial charge on any atom is 0.312 e. The van der Waals surface area contributed by atoms with Gasteiger partial charge >= 0.3 is 5.97 Å². The zero-order valence-electron chi connectivity index (χ0n) is 9.01. The lowest BCUT2D eigenvalue weighted by molar-refractivity contribution is -0.157. The number of nitrogens with two attached hydrogens (primary N) is 1. The summed E-state index contributed by atoms with van der Waals surface area (Å²) in [5, 5.41) is 0. The molecule has 0 saturated heterocycles. The highest BCUT2D eigenvalue weighted by Crippen LogP contribution is 2.59. The molecule has 0 aromatic carbocycles. The number of fused-ring (bicyclic) bond motifs is 2. The molecule has 0 aromatic rings. The van der Waals surface area contributed by atoms with Gasteiger partial charge < -0.3 is 10.5 Å². The SMILES string of the molecule is CCOC(=O)[C@@]12CC[C@@](N)(CC1C)C2. The summed E-state index contributed by atoms with van der Waals surface area (Å²) in [7, 11) is 0. The van der Waals surface area contributed by atoms with Crippen molar-refractivity contribution in [3.05, 3.63) is 0 Å². The minimum atomic E-state index is -0.245. The molecule has 2 aliphatic rings. The monoisotopic (exact) mass is 197 g/mol. The molecular weight excluding hydrogens is 178 g/mol. The van der Waals surface area contributed by atoms with Crippen LogP contribution in [0.4, 0.5) is 0 Å². The van der Waals surface area contributed by atoms with E-state index in [4.69, 9.17) is 10.5 Å². The van der Waals surface area contributed by atoms with Crippen molar-refractivity contribution in [2.24, 2.45) is 17.1 Å². The fourth-order valence-electron chi connectivity index (χ4n) is 3.33. The first-order valence-electron chi connectivity index (χ1n) is 5.48. The van der Waals surface area contributed by atoms with Crippen LogP contribution in [-0.2, 0) is 9.53 Å². The van der Waals surface area contributed by atoms with Gasteiger partial charge in [-0.3, -0.25) is 4.79 Å². The molecule has 2 aliphatic carbocycles. The zero-order chi connectivity index (χ0) is 10.4. The minimum Gasteiger partial charge on any atom is -0.466 e. The Labute approximate surface area is 85.0 Å². The maximum absolute atomic E-state index is 11.9. The average molecular weight is 197 g/mol. The molecule has 2 fully saturated rings. The molecule has 3 nitrogen and oxygen atoms in total. The zero-order valence-corrected chi connectivity index (χ0v) is 9.01. The van der Waals surface area contributed by atoms with E-state index in [1.165, 1.54) is 0 Å². The Bertz CT molecular complexity index is 266. The van der Waals surface area contributed by atoms with Gasteiger partial charge in [0.25, 0.3) is 0 Å². The molecule has 0 heterocycles. The predicted octanol–water partition coefficient (Wildman–Crippen LogP) is 1.46. The highest BCUT2D eigenvalue weighted by molar-refractivity contribution is 5.78. The summed E-state index contributed by atoms with van der Waals surface area (Å²) in [5.41, 5.74) is 5.88. The predicted molar refractivity (Wildman–Crippen MR) is 53.6 cm³/mol. The maximum atomic E-state index is 11.9. The standard InChI is InChI=1S/C11H19NO2/c1-3-14-9(13)11-5-4-10(12,7-11)6-8(11)2/h8H,3-7,12H2,1-2H3/t8?,10-,11-/m1/s1. The number of hydrogen-bond acceptors (Lipinski definition) is 3. The van der Waals surface area contributed by atoms with Gasteiger partial charge in [-0.05, 0) is 38.5 Å². The van der Waals surface area contributed by atoms with E-state index in [0.29, 0.717) is 12.5 Å². The van der Waals surface area contributed by atoms with E-state index in [2.05, 4.69) is 6.92 Å². The highest BCUT2D eigenvalue weighted by Gasteiger charge is 2.61. The third kappa shape index (κ3) is 1.18. The van der Waals surface area contributed by atoms with Crippen molar-refractivity contribution in [2.45, 2.75) is 45.1 Å². The van der Waals surface area contributed by atoms with Crippen LogP contribution in [0, 0.1) is 11.3 Å². The lowest BCUT2D eigenvalue weighted by Crippen LogP contribution is -2.36. The number of esters is 1. The lowest BCUT2D eigenvalue weighted by Gasteiger charge is -2.30. The van der Waals surface area contributed by atoms with E-state index in [-0.39, 0.29) is 16.9 Å². The molecular formula is C11H19NO2. The summed E-state index contributed by atoms with van der Waals surface area (Å²) in [6.07, 6.45) is 3.71. The molecule has 2 bridgehead atoms. The van der Waals surface area contributed by atoms with Crippen LogP contribution in [-0.4, -0.2) is 18.1 Å². The summed E-state index contributed by atoms with van der Waals surface area (Å²) in [6, 6.07) is 0. The van der Waals surface area contributed by atoms with Gasteiger partial charge in [0.05, 0.1) is 12.0 Å². The van der Waals surface area contributed by atoms with Crippen LogP contribution >= 0.6 is 0 Å². The van der Waals surface area contributed by atoms with Gasteiger partial charge in [0.1, 0.15) is 0 Å². The third-order valence-electron chi connectivity index (χ3n) is 4.07. The van der Waals surface area contributed by atoms with Crippen LogP contribution in [0.15, 0.2) is 0 Å². The second-order valence-electron chi connectivity index (χ2n) is 5.02. The van der Waals surface area contributed by atoms with E-state index in [0.717, 1.165) is 25.7 Å². The summed E-state index contributed by atoms with van der Waals surface area (Å²) in [6.45, 7) is 4.47. The topological polar surface area (TPSA) is 52.3 Å². The Morgan fingerprint density at radius 2 is 2.29 bits per heavy atom. The van der Waals surface area contributed by atoms with Gasteiger partial charge in [-0.1, -0.05) is 6.92 Å². The van der Waals surface area contributed by atoms with Crippen LogP contribution in [0.2, 0.25) is 0 Å². The van der Waals surface area contributed by atoms with Gasteiger partial charge in [-0.25, -0.2) is 0 Å². The normalized spacial score (nSPS) is 45.5. The first-order chi connectivity index (χ1) is 6.52. The fourth-order valence-corrected chi connectivity index (χ4v) is 3.33. The Balaban J connectivity index is 2.20. The first kappa shape index (κ1) is 9.97. The van der Waals surface area contributed by atoms with E-state index >= 15 is 0 Å². The van der Waals surface area contributed by atoms with E-state index in [1.54, 1.807) is 0 Å². The molecule has 1 unspecified atom stereocenters. The van der Waals surface area contributed by atoms with Crippen LogP contribution in [0.3, 0.4) is 0 Å². The van der Waals surface area contributed by atoms with Gasteiger partial charge in [0.2, 0.25) is 0 Å². The molecule has 14 heavy (non-hydrogen) atoms. The summed E-state index contributed by atoms with van der Waals surface area (Å²) < 4.78 is 5.17. The number of rotatable bonds is 2. The summed E-state index contributed by atoms with van der Waals surface area (Å²) in [4.78, 5) is 11.9. The largest absolute Gasteiger partial charge is 0.466 e. The minimum absolute atomic E-state index is 0.0164. The summed E-state index contributed by atoms with van der Waals surface area (Å²) in [5.74, 6) is 0.373. The smallest absolute Gasteiger partial charge is 0.312 e. The molecule has 0 spiro atoms. The van der Waals surface area contributed by atoms with Crippen molar-refractivity contribution in [1.29, 1.82) is 0 Å². The van der Waals surface area contributed by atoms with Gasteiger partial charge in [-0.2, -0.15) is 0 Å². The Morgan fingerprint density at radius 3 is 2.71 bits per heavy atom. The van der Waals surface area contributed by atoms with Crippen molar-refractivity contribution < 1.29 is 9.53 Å². The highest BCUT2D eigenvalue weighted by atomic mass is 16.5. The van der Waals surface area contributed by atoms with Crippen molar-refractivity contribution in [2.75, 3.05) is 6.61 Å². The van der Waals surface area contributed by atoms with Crippen LogP contribution in [0.5, 0.6) is 0 Å². The van der Waals surface area contributed by atoms with Crippen molar-refractivity contribution in [1.82, 2.24) is 0 Å². The quantitative estimate of drug-likeness (QED) is 0.682. The number of hydrogen-bond donors (Lipinski definition) is 1. The van der Waals surface area contributed by atoms with Gasteiger partial charge in [0, 0.05) is 5.54 Å².